The number of likely N-dealkylation sites (tertiary alicyclic amines) is 1. The third-order valence-electron chi connectivity index (χ3n) is 3.57. The van der Waals surface area contributed by atoms with Crippen LogP contribution in [0.3, 0.4) is 0 Å². The van der Waals surface area contributed by atoms with Crippen LogP contribution in [-0.4, -0.2) is 39.7 Å². The van der Waals surface area contributed by atoms with Crippen molar-refractivity contribution in [2.45, 2.75) is 18.9 Å². The van der Waals surface area contributed by atoms with Gasteiger partial charge in [0.25, 0.3) is 5.91 Å². The highest BCUT2D eigenvalue weighted by atomic mass is 32.1. The lowest BCUT2D eigenvalue weighted by Gasteiger charge is -2.23. The molecule has 0 aliphatic carbocycles. The molecule has 1 aliphatic rings. The van der Waals surface area contributed by atoms with E-state index in [0.29, 0.717) is 0 Å². The Kier molecular flexibility index (Phi) is 3.40. The minimum absolute atomic E-state index is 0.0212. The van der Waals surface area contributed by atoms with Crippen LogP contribution in [0.25, 0.3) is 5.69 Å². The largest absolute Gasteiger partial charge is 0.394 e. The molecule has 1 aliphatic heterocycles. The average molecular weight is 276 g/mol. The molecule has 1 saturated heterocycles. The molecule has 1 amide bonds. The van der Waals surface area contributed by atoms with E-state index in [1.54, 1.807) is 4.90 Å². The molecule has 0 unspecified atom stereocenters. The second kappa shape index (κ2) is 5.19. The zero-order valence-corrected chi connectivity index (χ0v) is 11.3. The fraction of sp³-hybridized carbons (Fsp3) is 0.357. The van der Waals surface area contributed by atoms with E-state index in [2.05, 4.69) is 0 Å². The van der Waals surface area contributed by atoms with Crippen LogP contribution in [0.5, 0.6) is 0 Å². The number of carbonyl (C=O) groups is 1. The number of rotatable bonds is 3. The summed E-state index contributed by atoms with van der Waals surface area (Å²) in [7, 11) is 0. The van der Waals surface area contributed by atoms with Crippen LogP contribution >= 0.6 is 11.3 Å². The zero-order chi connectivity index (χ0) is 13.2. The van der Waals surface area contributed by atoms with Crippen LogP contribution < -0.4 is 0 Å². The summed E-state index contributed by atoms with van der Waals surface area (Å²) in [4.78, 5) is 15.2. The van der Waals surface area contributed by atoms with Crippen molar-refractivity contribution in [1.29, 1.82) is 0 Å². The highest BCUT2D eigenvalue weighted by Crippen LogP contribution is 2.26. The summed E-state index contributed by atoms with van der Waals surface area (Å²) < 4.78 is 1.95. The Morgan fingerprint density at radius 2 is 2.21 bits per heavy atom. The van der Waals surface area contributed by atoms with Gasteiger partial charge in [0, 0.05) is 18.9 Å². The van der Waals surface area contributed by atoms with Gasteiger partial charge in [0.2, 0.25) is 0 Å². The van der Waals surface area contributed by atoms with Gasteiger partial charge in [-0.05, 0) is 36.4 Å². The van der Waals surface area contributed by atoms with Gasteiger partial charge < -0.3 is 14.6 Å². The van der Waals surface area contributed by atoms with Gasteiger partial charge in [-0.2, -0.15) is 0 Å². The molecule has 1 atom stereocenters. The van der Waals surface area contributed by atoms with Crippen molar-refractivity contribution in [3.8, 4) is 5.69 Å². The number of amides is 1. The molecule has 1 fully saturated rings. The van der Waals surface area contributed by atoms with E-state index in [0.717, 1.165) is 30.0 Å². The molecular formula is C14H16N2O2S. The molecule has 0 bridgehead atoms. The average Bonchev–Trinajstić information content (AvgIpc) is 3.16. The van der Waals surface area contributed by atoms with Crippen LogP contribution in [0.15, 0.2) is 36.0 Å². The Balaban J connectivity index is 1.91. The van der Waals surface area contributed by atoms with Gasteiger partial charge in [0.15, 0.2) is 0 Å². The lowest BCUT2D eigenvalue weighted by molar-refractivity contribution is 0.0682. The predicted molar refractivity (Wildman–Crippen MR) is 74.8 cm³/mol. The first-order chi connectivity index (χ1) is 9.31. The summed E-state index contributed by atoms with van der Waals surface area (Å²) in [5.41, 5.74) is 0.920. The van der Waals surface area contributed by atoms with Crippen molar-refractivity contribution in [3.05, 3.63) is 40.8 Å². The maximum absolute atomic E-state index is 12.6. The Labute approximate surface area is 115 Å². The highest BCUT2D eigenvalue weighted by molar-refractivity contribution is 7.12. The SMILES string of the molecule is O=C(c1sccc1-n1cccc1)N1CCC[C@H]1CO. The van der Waals surface area contributed by atoms with E-state index >= 15 is 0 Å². The number of carbonyl (C=O) groups excluding carboxylic acids is 1. The number of aliphatic hydroxyl groups excluding tert-OH is 1. The molecule has 2 aromatic rings. The van der Waals surface area contributed by atoms with Crippen LogP contribution in [0, 0.1) is 0 Å². The number of nitrogens with zero attached hydrogens (tertiary/aromatic N) is 2. The van der Waals surface area contributed by atoms with Gasteiger partial charge in [-0.3, -0.25) is 4.79 Å². The van der Waals surface area contributed by atoms with Gasteiger partial charge in [-0.25, -0.2) is 0 Å². The smallest absolute Gasteiger partial charge is 0.266 e. The third-order valence-corrected chi connectivity index (χ3v) is 4.46. The fourth-order valence-electron chi connectivity index (χ4n) is 2.58. The molecule has 0 radical (unpaired) electrons. The van der Waals surface area contributed by atoms with Crippen LogP contribution in [0.1, 0.15) is 22.5 Å². The van der Waals surface area contributed by atoms with Crippen LogP contribution in [0.2, 0.25) is 0 Å². The number of hydrogen-bond acceptors (Lipinski definition) is 3. The quantitative estimate of drug-likeness (QED) is 0.933. The van der Waals surface area contributed by atoms with Crippen molar-refractivity contribution in [3.63, 3.8) is 0 Å². The van der Waals surface area contributed by atoms with Gasteiger partial charge in [-0.1, -0.05) is 0 Å². The summed E-state index contributed by atoms with van der Waals surface area (Å²) in [6.07, 6.45) is 5.74. The minimum Gasteiger partial charge on any atom is -0.394 e. The zero-order valence-electron chi connectivity index (χ0n) is 10.5. The van der Waals surface area contributed by atoms with E-state index in [1.165, 1.54) is 11.3 Å². The molecule has 19 heavy (non-hydrogen) atoms. The highest BCUT2D eigenvalue weighted by Gasteiger charge is 2.30. The second-order valence-corrected chi connectivity index (χ2v) is 5.62. The molecule has 3 heterocycles. The van der Waals surface area contributed by atoms with Crippen molar-refractivity contribution in [2.75, 3.05) is 13.2 Å². The number of thiophene rings is 1. The minimum atomic E-state index is -0.0212. The first-order valence-corrected chi connectivity index (χ1v) is 7.32. The van der Waals surface area contributed by atoms with Gasteiger partial charge in [0.05, 0.1) is 18.3 Å². The molecule has 0 aromatic carbocycles. The van der Waals surface area contributed by atoms with Gasteiger partial charge in [0.1, 0.15) is 4.88 Å². The summed E-state index contributed by atoms with van der Waals surface area (Å²) in [6, 6.07) is 5.82. The summed E-state index contributed by atoms with van der Waals surface area (Å²) in [5, 5.41) is 11.3. The molecule has 3 rings (SSSR count). The van der Waals surface area contributed by atoms with Crippen LogP contribution in [0.4, 0.5) is 0 Å². The maximum Gasteiger partial charge on any atom is 0.266 e. The van der Waals surface area contributed by atoms with E-state index in [4.69, 9.17) is 0 Å². The standard InChI is InChI=1S/C14H16N2O2S/c17-10-11-4-3-8-16(11)14(18)13-12(5-9-19-13)15-6-1-2-7-15/h1-2,5-7,9,11,17H,3-4,8,10H2/t11-/m0/s1. The fourth-order valence-corrected chi connectivity index (χ4v) is 3.43. The van der Waals surface area contributed by atoms with Crippen LogP contribution in [-0.2, 0) is 0 Å². The van der Waals surface area contributed by atoms with Gasteiger partial charge in [-0.15, -0.1) is 11.3 Å². The summed E-state index contributed by atoms with van der Waals surface area (Å²) in [5.74, 6) is 0.0373. The van der Waals surface area contributed by atoms with E-state index < -0.39 is 0 Å². The number of aromatic nitrogens is 1. The topological polar surface area (TPSA) is 45.5 Å². The molecule has 5 heteroatoms. The Morgan fingerprint density at radius 1 is 1.42 bits per heavy atom. The van der Waals surface area contributed by atoms with Crippen molar-refractivity contribution in [1.82, 2.24) is 9.47 Å². The lowest BCUT2D eigenvalue weighted by Crippen LogP contribution is -2.37. The monoisotopic (exact) mass is 276 g/mol. The summed E-state index contributed by atoms with van der Waals surface area (Å²) >= 11 is 1.46. The molecule has 0 saturated carbocycles. The number of hydrogen-bond donors (Lipinski definition) is 1. The van der Waals surface area contributed by atoms with Crippen molar-refractivity contribution >= 4 is 17.2 Å². The Hall–Kier alpha value is -1.59. The Morgan fingerprint density at radius 3 is 2.95 bits per heavy atom. The second-order valence-electron chi connectivity index (χ2n) is 4.70. The van der Waals surface area contributed by atoms with E-state index in [-0.39, 0.29) is 18.6 Å². The van der Waals surface area contributed by atoms with Crippen molar-refractivity contribution in [2.24, 2.45) is 0 Å². The maximum atomic E-state index is 12.6. The lowest BCUT2D eigenvalue weighted by atomic mass is 10.2. The molecule has 1 N–H and O–H groups in total. The van der Waals surface area contributed by atoms with E-state index in [9.17, 15) is 9.90 Å². The third kappa shape index (κ3) is 2.19. The van der Waals surface area contributed by atoms with Crippen molar-refractivity contribution < 1.29 is 9.90 Å². The molecular weight excluding hydrogens is 260 g/mol. The molecule has 2 aromatic heterocycles. The summed E-state index contributed by atoms with van der Waals surface area (Å²) in [6.45, 7) is 0.795. The molecule has 0 spiro atoms. The number of aliphatic hydroxyl groups is 1. The van der Waals surface area contributed by atoms with E-state index in [1.807, 2.05) is 40.5 Å². The first-order valence-electron chi connectivity index (χ1n) is 6.44. The van der Waals surface area contributed by atoms with Gasteiger partial charge >= 0.3 is 0 Å². The first kappa shape index (κ1) is 12.4. The predicted octanol–water partition coefficient (Wildman–Crippen LogP) is 2.14. The molecule has 100 valence electrons. The molecule has 4 nitrogen and oxygen atoms in total. The normalized spacial score (nSPS) is 19.0. The Bertz CT molecular complexity index is 562.